The van der Waals surface area contributed by atoms with Crippen LogP contribution in [0.4, 0.5) is 5.69 Å². The number of nitrogens with one attached hydrogen (secondary N) is 1. The van der Waals surface area contributed by atoms with Crippen LogP contribution in [-0.4, -0.2) is 0 Å². The third-order valence-corrected chi connectivity index (χ3v) is 4.36. The number of hydrogen-bond donors (Lipinski definition) is 1. The fourth-order valence-corrected chi connectivity index (χ4v) is 3.21. The second-order valence-corrected chi connectivity index (χ2v) is 6.18. The number of anilines is 1. The third kappa shape index (κ3) is 2.49. The summed E-state index contributed by atoms with van der Waals surface area (Å²) in [4.78, 5) is 1.18. The molecule has 3 rings (SSSR count). The molecule has 1 N–H and O–H groups in total. The summed E-state index contributed by atoms with van der Waals surface area (Å²) < 4.78 is 0.798. The third-order valence-electron chi connectivity index (χ3n) is 3.13. The van der Waals surface area contributed by atoms with Gasteiger partial charge in [-0.2, -0.15) is 5.26 Å². The molecule has 1 aromatic heterocycles. The quantitative estimate of drug-likeness (QED) is 0.735. The van der Waals surface area contributed by atoms with E-state index in [1.54, 1.807) is 11.3 Å². The van der Waals surface area contributed by atoms with E-state index < -0.39 is 0 Å². The van der Waals surface area contributed by atoms with Crippen molar-refractivity contribution in [2.24, 2.45) is 0 Å². The maximum Gasteiger partial charge on any atom is 0.0998 e. The van der Waals surface area contributed by atoms with Crippen LogP contribution in [0.3, 0.4) is 0 Å². The number of rotatable bonds is 3. The first-order valence-corrected chi connectivity index (χ1v) is 7.37. The Balaban J connectivity index is 1.94. The van der Waals surface area contributed by atoms with E-state index >= 15 is 0 Å². The van der Waals surface area contributed by atoms with Crippen LogP contribution < -0.4 is 5.32 Å². The molecule has 0 atom stereocenters. The molecule has 2 aromatic carbocycles. The highest BCUT2D eigenvalue weighted by molar-refractivity contribution is 7.16. The van der Waals surface area contributed by atoms with Gasteiger partial charge in [0.2, 0.25) is 0 Å². The smallest absolute Gasteiger partial charge is 0.0998 e. The normalized spacial score (nSPS) is 10.4. The minimum absolute atomic E-state index is 0.699. The van der Waals surface area contributed by atoms with Crippen LogP contribution in [-0.2, 0) is 6.54 Å². The topological polar surface area (TPSA) is 35.8 Å². The van der Waals surface area contributed by atoms with Gasteiger partial charge in [-0.1, -0.05) is 35.9 Å². The van der Waals surface area contributed by atoms with Gasteiger partial charge in [0.05, 0.1) is 16.0 Å². The molecule has 2 nitrogen and oxygen atoms in total. The van der Waals surface area contributed by atoms with E-state index in [4.69, 9.17) is 16.9 Å². The summed E-state index contributed by atoms with van der Waals surface area (Å²) in [6.45, 7) is 0.729. The Morgan fingerprint density at radius 2 is 1.85 bits per heavy atom. The molecule has 0 fully saturated rings. The van der Waals surface area contributed by atoms with Crippen LogP contribution in [0, 0.1) is 11.3 Å². The van der Waals surface area contributed by atoms with Gasteiger partial charge in [0.1, 0.15) is 0 Å². The first kappa shape index (κ1) is 13.0. The van der Waals surface area contributed by atoms with Crippen molar-refractivity contribution in [1.29, 1.82) is 5.26 Å². The lowest BCUT2D eigenvalue weighted by Gasteiger charge is -2.10. The fraction of sp³-hybridized carbons (Fsp3) is 0.0625. The molecule has 98 valence electrons. The number of thiophene rings is 1. The van der Waals surface area contributed by atoms with E-state index in [9.17, 15) is 0 Å². The van der Waals surface area contributed by atoms with E-state index in [1.807, 2.05) is 48.5 Å². The molecule has 0 saturated heterocycles. The summed E-state index contributed by atoms with van der Waals surface area (Å²) >= 11 is 7.50. The second-order valence-electron chi connectivity index (χ2n) is 4.38. The highest BCUT2D eigenvalue weighted by Gasteiger charge is 2.05. The highest BCUT2D eigenvalue weighted by atomic mass is 35.5. The minimum Gasteiger partial charge on any atom is -0.380 e. The standard InChI is InChI=1S/C16H11ClN2S/c17-16-8-6-12(20-16)10-19-15-7-5-11(9-18)13-3-1-2-4-14(13)15/h1-8,19H,10H2. The van der Waals surface area contributed by atoms with Crippen molar-refractivity contribution in [2.45, 2.75) is 6.54 Å². The van der Waals surface area contributed by atoms with E-state index in [1.165, 1.54) is 4.88 Å². The Labute approximate surface area is 126 Å². The summed E-state index contributed by atoms with van der Waals surface area (Å²) in [6, 6.07) is 17.9. The molecule has 0 saturated carbocycles. The van der Waals surface area contributed by atoms with Gasteiger partial charge in [-0.15, -0.1) is 11.3 Å². The zero-order valence-electron chi connectivity index (χ0n) is 10.6. The van der Waals surface area contributed by atoms with Crippen molar-refractivity contribution < 1.29 is 0 Å². The van der Waals surface area contributed by atoms with Crippen molar-refractivity contribution in [1.82, 2.24) is 0 Å². The van der Waals surface area contributed by atoms with Crippen LogP contribution in [0.1, 0.15) is 10.4 Å². The van der Waals surface area contributed by atoms with Gasteiger partial charge in [0.15, 0.2) is 0 Å². The average molecular weight is 299 g/mol. The predicted octanol–water partition coefficient (Wildman–Crippen LogP) is 5.04. The van der Waals surface area contributed by atoms with E-state index in [2.05, 4.69) is 11.4 Å². The molecule has 0 unspecified atom stereocenters. The summed E-state index contributed by atoms with van der Waals surface area (Å²) in [5, 5.41) is 14.6. The summed E-state index contributed by atoms with van der Waals surface area (Å²) in [5.74, 6) is 0. The zero-order chi connectivity index (χ0) is 13.9. The lowest BCUT2D eigenvalue weighted by molar-refractivity contribution is 1.20. The van der Waals surface area contributed by atoms with Crippen molar-refractivity contribution in [3.63, 3.8) is 0 Å². The fourth-order valence-electron chi connectivity index (χ4n) is 2.18. The van der Waals surface area contributed by atoms with Crippen molar-refractivity contribution in [3.05, 3.63) is 63.3 Å². The first-order valence-electron chi connectivity index (χ1n) is 6.18. The van der Waals surface area contributed by atoms with Crippen molar-refractivity contribution in [2.75, 3.05) is 5.32 Å². The van der Waals surface area contributed by atoms with E-state index in [0.717, 1.165) is 27.3 Å². The molecule has 1 heterocycles. The van der Waals surface area contributed by atoms with E-state index in [-0.39, 0.29) is 0 Å². The molecule has 0 radical (unpaired) electrons. The number of nitrogens with zero attached hydrogens (tertiary/aromatic N) is 1. The van der Waals surface area contributed by atoms with Crippen LogP contribution in [0.2, 0.25) is 4.34 Å². The van der Waals surface area contributed by atoms with Gasteiger partial charge in [-0.25, -0.2) is 0 Å². The van der Waals surface area contributed by atoms with Crippen molar-refractivity contribution in [3.8, 4) is 6.07 Å². The van der Waals surface area contributed by atoms with Crippen molar-refractivity contribution >= 4 is 39.4 Å². The molecule has 20 heavy (non-hydrogen) atoms. The molecular formula is C16H11ClN2S. The molecule has 3 aromatic rings. The molecule has 0 amide bonds. The van der Waals surface area contributed by atoms with Gasteiger partial charge in [-0.3, -0.25) is 0 Å². The predicted molar refractivity (Wildman–Crippen MR) is 85.3 cm³/mol. The Morgan fingerprint density at radius 3 is 2.55 bits per heavy atom. The second kappa shape index (κ2) is 5.54. The maximum absolute atomic E-state index is 9.15. The largest absolute Gasteiger partial charge is 0.380 e. The van der Waals surface area contributed by atoms with Crippen LogP contribution in [0.15, 0.2) is 48.5 Å². The van der Waals surface area contributed by atoms with Gasteiger partial charge < -0.3 is 5.32 Å². The lowest BCUT2D eigenvalue weighted by Crippen LogP contribution is -1.98. The number of fused-ring (bicyclic) bond motifs is 1. The monoisotopic (exact) mass is 298 g/mol. The molecule has 0 spiro atoms. The van der Waals surface area contributed by atoms with Gasteiger partial charge in [0, 0.05) is 27.9 Å². The Kier molecular flexibility index (Phi) is 3.60. The molecule has 0 aliphatic heterocycles. The lowest BCUT2D eigenvalue weighted by atomic mass is 10.0. The van der Waals surface area contributed by atoms with Crippen LogP contribution in [0.5, 0.6) is 0 Å². The first-order chi connectivity index (χ1) is 9.78. The molecule has 0 bridgehead atoms. The molecule has 0 aliphatic rings. The van der Waals surface area contributed by atoms with Gasteiger partial charge in [-0.05, 0) is 24.3 Å². The molecular weight excluding hydrogens is 288 g/mol. The number of halogens is 1. The van der Waals surface area contributed by atoms with Crippen LogP contribution in [0.25, 0.3) is 10.8 Å². The zero-order valence-corrected chi connectivity index (χ0v) is 12.1. The highest BCUT2D eigenvalue weighted by Crippen LogP contribution is 2.28. The van der Waals surface area contributed by atoms with Crippen LogP contribution >= 0.6 is 22.9 Å². The maximum atomic E-state index is 9.15. The average Bonchev–Trinajstić information content (AvgIpc) is 2.90. The van der Waals surface area contributed by atoms with Gasteiger partial charge >= 0.3 is 0 Å². The minimum atomic E-state index is 0.699. The Hall–Kier alpha value is -2.02. The molecule has 0 aliphatic carbocycles. The Bertz CT molecular complexity index is 802. The number of hydrogen-bond acceptors (Lipinski definition) is 3. The van der Waals surface area contributed by atoms with Gasteiger partial charge in [0.25, 0.3) is 0 Å². The summed E-state index contributed by atoms with van der Waals surface area (Å²) in [7, 11) is 0. The molecule has 4 heteroatoms. The Morgan fingerprint density at radius 1 is 1.05 bits per heavy atom. The number of benzene rings is 2. The summed E-state index contributed by atoms with van der Waals surface area (Å²) in [6.07, 6.45) is 0. The number of nitriles is 1. The van der Waals surface area contributed by atoms with E-state index in [0.29, 0.717) is 5.56 Å². The summed E-state index contributed by atoms with van der Waals surface area (Å²) in [5.41, 5.74) is 1.73. The SMILES string of the molecule is N#Cc1ccc(NCc2ccc(Cl)s2)c2ccccc12.